The average molecular weight is 234 g/mol. The summed E-state index contributed by atoms with van der Waals surface area (Å²) in [5.74, 6) is -1.33. The van der Waals surface area contributed by atoms with Crippen LogP contribution in [0.1, 0.15) is 5.56 Å². The molecule has 0 bridgehead atoms. The third kappa shape index (κ3) is 4.02. The van der Waals surface area contributed by atoms with E-state index in [4.69, 9.17) is 9.84 Å². The van der Waals surface area contributed by atoms with Crippen LogP contribution in [0, 0.1) is 0 Å². The van der Waals surface area contributed by atoms with Crippen molar-refractivity contribution in [1.29, 1.82) is 0 Å². The van der Waals surface area contributed by atoms with E-state index in [1.165, 1.54) is 25.3 Å². The van der Waals surface area contributed by atoms with E-state index in [9.17, 15) is 15.0 Å². The number of aliphatic hydroxyl groups is 1. The molecule has 0 fully saturated rings. The number of aromatic hydroxyl groups is 1. The second kappa shape index (κ2) is 6.75. The molecule has 0 aromatic heterocycles. The normalized spacial score (nSPS) is 11.4. The monoisotopic (exact) mass is 234 g/mol. The molecule has 1 aromatic rings. The van der Waals surface area contributed by atoms with Crippen molar-refractivity contribution in [2.45, 2.75) is 12.5 Å². The van der Waals surface area contributed by atoms with Crippen molar-refractivity contribution in [3.8, 4) is 11.5 Å². The maximum atomic E-state index is 10.3. The number of carbonyl (C=O) groups excluding carboxylic acids is 1. The minimum atomic E-state index is -1.56. The Morgan fingerprint density at radius 3 is 2.69 bits per heavy atom. The van der Waals surface area contributed by atoms with Crippen LogP contribution in [0.25, 0.3) is 0 Å². The first kappa shape index (κ1) is 15.2. The molecule has 1 aromatic carbocycles. The first-order valence-electron chi connectivity index (χ1n) is 4.29. The van der Waals surface area contributed by atoms with Gasteiger partial charge in [-0.05, 0) is 17.7 Å². The first-order valence-corrected chi connectivity index (χ1v) is 4.29. The van der Waals surface area contributed by atoms with Crippen LogP contribution in [0.3, 0.4) is 0 Å². The Morgan fingerprint density at radius 2 is 2.19 bits per heavy atom. The molecule has 1 unspecified atom stereocenters. The fourth-order valence-corrected chi connectivity index (χ4v) is 1.16. The predicted octanol–water partition coefficient (Wildman–Crippen LogP) is -3.94. The number of carbonyl (C=O) groups is 1. The standard InChI is InChI=1S/C10H12O5.Na/c1-15-9-5-6(2-3-7(9)11)4-8(12)10(13)14;/h2-3,5,8,11-12H,4H2,1H3,(H,13,14);/q;+1/p-1. The molecule has 0 amide bonds. The maximum absolute atomic E-state index is 10.3. The molecule has 0 heterocycles. The smallest absolute Gasteiger partial charge is 0.547 e. The van der Waals surface area contributed by atoms with Crippen LogP contribution in [-0.2, 0) is 11.2 Å². The number of phenolic OH excluding ortho intramolecular Hbond substituents is 1. The van der Waals surface area contributed by atoms with Gasteiger partial charge in [0.1, 0.15) is 0 Å². The Morgan fingerprint density at radius 1 is 1.56 bits per heavy atom. The second-order valence-corrected chi connectivity index (χ2v) is 3.05. The number of hydrogen-bond acceptors (Lipinski definition) is 5. The number of benzene rings is 1. The summed E-state index contributed by atoms with van der Waals surface area (Å²) < 4.78 is 4.83. The van der Waals surface area contributed by atoms with Crippen LogP contribution < -0.4 is 39.4 Å². The molecule has 16 heavy (non-hydrogen) atoms. The van der Waals surface area contributed by atoms with E-state index in [-0.39, 0.29) is 47.5 Å². The number of aliphatic carboxylic acids is 1. The summed E-state index contributed by atoms with van der Waals surface area (Å²) >= 11 is 0. The number of carboxylic acid groups (broad SMARTS) is 1. The molecule has 2 N–H and O–H groups in total. The molecule has 0 aliphatic carbocycles. The van der Waals surface area contributed by atoms with Crippen molar-refractivity contribution in [1.82, 2.24) is 0 Å². The third-order valence-electron chi connectivity index (χ3n) is 1.95. The topological polar surface area (TPSA) is 89.8 Å². The van der Waals surface area contributed by atoms with Gasteiger partial charge in [-0.2, -0.15) is 0 Å². The van der Waals surface area contributed by atoms with E-state index >= 15 is 0 Å². The van der Waals surface area contributed by atoms with Gasteiger partial charge >= 0.3 is 29.6 Å². The SMILES string of the molecule is COc1cc(CC(O)C(=O)[O-])ccc1O.[Na+]. The average Bonchev–Trinajstić information content (AvgIpc) is 2.20. The van der Waals surface area contributed by atoms with Gasteiger partial charge in [-0.15, -0.1) is 0 Å². The Bertz CT molecular complexity index is 366. The summed E-state index contributed by atoms with van der Waals surface area (Å²) in [6, 6.07) is 4.33. The van der Waals surface area contributed by atoms with Gasteiger partial charge in [-0.25, -0.2) is 0 Å². The van der Waals surface area contributed by atoms with E-state index in [1.54, 1.807) is 0 Å². The molecule has 0 aliphatic heterocycles. The fraction of sp³-hybridized carbons (Fsp3) is 0.300. The van der Waals surface area contributed by atoms with Crippen LogP contribution in [0.4, 0.5) is 0 Å². The summed E-state index contributed by atoms with van der Waals surface area (Å²) in [5.41, 5.74) is 0.543. The van der Waals surface area contributed by atoms with Crippen molar-refractivity contribution in [2.24, 2.45) is 0 Å². The zero-order valence-corrected chi connectivity index (χ0v) is 11.1. The minimum Gasteiger partial charge on any atom is -0.547 e. The van der Waals surface area contributed by atoms with Gasteiger partial charge in [-0.3, -0.25) is 0 Å². The predicted molar refractivity (Wildman–Crippen MR) is 49.4 cm³/mol. The van der Waals surface area contributed by atoms with Crippen molar-refractivity contribution in [3.63, 3.8) is 0 Å². The number of carboxylic acids is 1. The van der Waals surface area contributed by atoms with Crippen molar-refractivity contribution >= 4 is 5.97 Å². The molecule has 82 valence electrons. The van der Waals surface area contributed by atoms with Gasteiger partial charge in [0.2, 0.25) is 0 Å². The van der Waals surface area contributed by atoms with E-state index in [2.05, 4.69) is 0 Å². The maximum Gasteiger partial charge on any atom is 1.00 e. The zero-order chi connectivity index (χ0) is 11.4. The Balaban J connectivity index is 0.00000225. The number of methoxy groups -OCH3 is 1. The largest absolute Gasteiger partial charge is 1.00 e. The molecule has 0 spiro atoms. The molecule has 0 saturated heterocycles. The molecule has 0 aliphatic rings. The van der Waals surface area contributed by atoms with Crippen LogP contribution in [0.15, 0.2) is 18.2 Å². The van der Waals surface area contributed by atoms with Crippen LogP contribution in [0.2, 0.25) is 0 Å². The Labute approximate surface area is 115 Å². The van der Waals surface area contributed by atoms with Gasteiger partial charge in [0, 0.05) is 6.42 Å². The zero-order valence-electron chi connectivity index (χ0n) is 9.14. The van der Waals surface area contributed by atoms with Gasteiger partial charge in [-0.1, -0.05) is 6.07 Å². The second-order valence-electron chi connectivity index (χ2n) is 3.05. The molecular weight excluding hydrogens is 223 g/mol. The van der Waals surface area contributed by atoms with Crippen LogP contribution >= 0.6 is 0 Å². The number of phenols is 1. The molecule has 1 atom stereocenters. The summed E-state index contributed by atoms with van der Waals surface area (Å²) in [7, 11) is 1.38. The van der Waals surface area contributed by atoms with Crippen LogP contribution in [0.5, 0.6) is 11.5 Å². The Kier molecular flexibility index (Phi) is 6.43. The first-order chi connectivity index (χ1) is 7.04. The van der Waals surface area contributed by atoms with Gasteiger partial charge < -0.3 is 24.9 Å². The molecule has 1 rings (SSSR count). The number of rotatable bonds is 4. The molecular formula is C10H11NaO5. The fourth-order valence-electron chi connectivity index (χ4n) is 1.16. The summed E-state index contributed by atoms with van der Waals surface area (Å²) in [5, 5.41) is 28.6. The van der Waals surface area contributed by atoms with E-state index in [1.807, 2.05) is 0 Å². The number of hydrogen-bond donors (Lipinski definition) is 2. The van der Waals surface area contributed by atoms with Gasteiger partial charge in [0.25, 0.3) is 0 Å². The van der Waals surface area contributed by atoms with Crippen molar-refractivity contribution in [2.75, 3.05) is 7.11 Å². The molecule has 0 radical (unpaired) electrons. The van der Waals surface area contributed by atoms with Crippen molar-refractivity contribution in [3.05, 3.63) is 23.8 Å². The van der Waals surface area contributed by atoms with E-state index in [0.29, 0.717) is 5.56 Å². The third-order valence-corrected chi connectivity index (χ3v) is 1.95. The molecule has 6 heteroatoms. The number of ether oxygens (including phenoxy) is 1. The summed E-state index contributed by atoms with van der Waals surface area (Å²) in [6.07, 6.45) is -1.64. The van der Waals surface area contributed by atoms with Crippen LogP contribution in [-0.4, -0.2) is 29.4 Å². The van der Waals surface area contributed by atoms with Crippen molar-refractivity contribution < 1.29 is 54.4 Å². The van der Waals surface area contributed by atoms with Gasteiger partial charge in [0.15, 0.2) is 11.5 Å². The minimum absolute atomic E-state index is 0. The van der Waals surface area contributed by atoms with E-state index < -0.39 is 12.1 Å². The molecule has 0 saturated carbocycles. The van der Waals surface area contributed by atoms with E-state index in [0.717, 1.165) is 0 Å². The Hall–Kier alpha value is -0.750. The number of aliphatic hydroxyl groups excluding tert-OH is 1. The quantitative estimate of drug-likeness (QED) is 0.519. The molecule has 5 nitrogen and oxygen atoms in total. The summed E-state index contributed by atoms with van der Waals surface area (Å²) in [6.45, 7) is 0. The van der Waals surface area contributed by atoms with Gasteiger partial charge in [0.05, 0.1) is 19.2 Å². The summed E-state index contributed by atoms with van der Waals surface area (Å²) in [4.78, 5) is 10.3.